The Morgan fingerprint density at radius 2 is 1.56 bits per heavy atom. The van der Waals surface area contributed by atoms with Crippen molar-refractivity contribution in [2.45, 2.75) is 18.8 Å². The number of hydrogen-bond acceptors (Lipinski definition) is 7. The highest BCUT2D eigenvalue weighted by Gasteiger charge is 2.44. The normalized spacial score (nSPS) is 17.6. The molecule has 1 fully saturated rings. The number of nitriles is 1. The van der Waals surface area contributed by atoms with Gasteiger partial charge in [0.15, 0.2) is 23.0 Å². The molecule has 0 unspecified atom stereocenters. The van der Waals surface area contributed by atoms with Crippen LogP contribution in [0.4, 0.5) is 0 Å². The van der Waals surface area contributed by atoms with E-state index in [1.807, 2.05) is 30.5 Å². The van der Waals surface area contributed by atoms with Gasteiger partial charge in [-0.05, 0) is 60.1 Å². The second-order valence-corrected chi connectivity index (χ2v) is 8.29. The van der Waals surface area contributed by atoms with Crippen LogP contribution in [0.5, 0.6) is 23.0 Å². The van der Waals surface area contributed by atoms with E-state index in [0.29, 0.717) is 34.1 Å². The molecular weight excluding hydrogens is 426 g/mol. The average Bonchev–Trinajstić information content (AvgIpc) is 3.64. The molecule has 7 heteroatoms. The lowest BCUT2D eigenvalue weighted by atomic mass is 10.0. The third kappa shape index (κ3) is 4.86. The quantitative estimate of drug-likeness (QED) is 0.464. The summed E-state index contributed by atoms with van der Waals surface area (Å²) in [7, 11) is 6.32. The van der Waals surface area contributed by atoms with Crippen molar-refractivity contribution in [3.8, 4) is 29.1 Å². The van der Waals surface area contributed by atoms with E-state index < -0.39 is 0 Å². The SMILES string of the molecule is COc1ccc(/C(C#N)=C(/CC(=O)[C@@H]2C[C@H]2c2ccc(OC)c(OC)c2)SC)cc1OC. The van der Waals surface area contributed by atoms with Gasteiger partial charge in [-0.3, -0.25) is 4.79 Å². The van der Waals surface area contributed by atoms with Gasteiger partial charge < -0.3 is 18.9 Å². The molecule has 0 radical (unpaired) electrons. The number of ether oxygens (including phenoxy) is 4. The van der Waals surface area contributed by atoms with Crippen molar-refractivity contribution in [1.82, 2.24) is 0 Å². The summed E-state index contributed by atoms with van der Waals surface area (Å²) in [6, 6.07) is 13.4. The summed E-state index contributed by atoms with van der Waals surface area (Å²) in [6.07, 6.45) is 2.92. The van der Waals surface area contributed by atoms with E-state index in [9.17, 15) is 10.1 Å². The molecule has 2 aromatic carbocycles. The van der Waals surface area contributed by atoms with Crippen LogP contribution in [0, 0.1) is 17.2 Å². The van der Waals surface area contributed by atoms with Crippen LogP contribution in [0.15, 0.2) is 41.3 Å². The number of methoxy groups -OCH3 is 4. The lowest BCUT2D eigenvalue weighted by Crippen LogP contribution is -2.04. The molecular formula is C25H27NO5S. The first-order valence-corrected chi connectivity index (χ1v) is 11.4. The van der Waals surface area contributed by atoms with Gasteiger partial charge in [-0.25, -0.2) is 0 Å². The maximum absolute atomic E-state index is 13.1. The van der Waals surface area contributed by atoms with Gasteiger partial charge in [-0.2, -0.15) is 5.26 Å². The van der Waals surface area contributed by atoms with Crippen LogP contribution in [0.2, 0.25) is 0 Å². The maximum Gasteiger partial charge on any atom is 0.161 e. The molecule has 6 nitrogen and oxygen atoms in total. The van der Waals surface area contributed by atoms with Crippen LogP contribution in [0.25, 0.3) is 5.57 Å². The minimum Gasteiger partial charge on any atom is -0.493 e. The van der Waals surface area contributed by atoms with Crippen molar-refractivity contribution in [1.29, 1.82) is 5.26 Å². The summed E-state index contributed by atoms with van der Waals surface area (Å²) in [5.41, 5.74) is 2.25. The topological polar surface area (TPSA) is 77.8 Å². The standard InChI is InChI=1S/C25H27NO5S/c1-28-21-8-6-15(10-23(21)30-3)17-12-18(17)20(27)13-25(32-5)19(14-26)16-7-9-22(29-2)24(11-16)31-4/h6-11,17-18H,12-13H2,1-5H3/b25-19-/t17-,18+/m0/s1. The highest BCUT2D eigenvalue weighted by Crippen LogP contribution is 2.51. The number of carbonyl (C=O) groups is 1. The summed E-state index contributed by atoms with van der Waals surface area (Å²) >= 11 is 1.43. The van der Waals surface area contributed by atoms with Gasteiger partial charge in [0.1, 0.15) is 11.9 Å². The molecule has 32 heavy (non-hydrogen) atoms. The molecule has 0 heterocycles. The van der Waals surface area contributed by atoms with E-state index in [1.54, 1.807) is 40.6 Å². The first kappa shape index (κ1) is 23.6. The third-order valence-electron chi connectivity index (χ3n) is 5.68. The van der Waals surface area contributed by atoms with Crippen LogP contribution in [-0.2, 0) is 4.79 Å². The fourth-order valence-corrected chi connectivity index (χ4v) is 4.49. The lowest BCUT2D eigenvalue weighted by Gasteiger charge is -2.12. The Bertz CT molecular complexity index is 1070. The number of rotatable bonds is 10. The Morgan fingerprint density at radius 1 is 0.969 bits per heavy atom. The average molecular weight is 454 g/mol. The molecule has 2 aromatic rings. The Balaban J connectivity index is 1.80. The molecule has 0 saturated heterocycles. The Morgan fingerprint density at radius 3 is 2.12 bits per heavy atom. The van der Waals surface area contributed by atoms with Crippen LogP contribution < -0.4 is 18.9 Å². The van der Waals surface area contributed by atoms with Gasteiger partial charge in [0.05, 0.1) is 34.0 Å². The van der Waals surface area contributed by atoms with Crippen molar-refractivity contribution < 1.29 is 23.7 Å². The van der Waals surface area contributed by atoms with Crippen molar-refractivity contribution in [3.63, 3.8) is 0 Å². The van der Waals surface area contributed by atoms with Gasteiger partial charge in [0.25, 0.3) is 0 Å². The largest absolute Gasteiger partial charge is 0.493 e. The van der Waals surface area contributed by atoms with Crippen LogP contribution in [0.1, 0.15) is 29.9 Å². The van der Waals surface area contributed by atoms with E-state index in [2.05, 4.69) is 6.07 Å². The number of hydrogen-bond donors (Lipinski definition) is 0. The molecule has 0 aromatic heterocycles. The molecule has 0 bridgehead atoms. The van der Waals surface area contributed by atoms with Gasteiger partial charge in [-0.15, -0.1) is 11.8 Å². The minimum atomic E-state index is -0.0550. The van der Waals surface area contributed by atoms with E-state index in [1.165, 1.54) is 11.8 Å². The molecule has 168 valence electrons. The van der Waals surface area contributed by atoms with Crippen LogP contribution in [0.3, 0.4) is 0 Å². The molecule has 0 N–H and O–H groups in total. The number of nitrogens with zero attached hydrogens (tertiary/aromatic N) is 1. The number of thioether (sulfide) groups is 1. The fourth-order valence-electron chi connectivity index (χ4n) is 3.83. The monoisotopic (exact) mass is 453 g/mol. The van der Waals surface area contributed by atoms with Gasteiger partial charge in [-0.1, -0.05) is 6.07 Å². The minimum absolute atomic E-state index is 0.0550. The fraction of sp³-hybridized carbons (Fsp3) is 0.360. The molecule has 1 saturated carbocycles. The predicted molar refractivity (Wildman–Crippen MR) is 126 cm³/mol. The lowest BCUT2D eigenvalue weighted by molar-refractivity contribution is -0.119. The summed E-state index contributed by atoms with van der Waals surface area (Å²) in [4.78, 5) is 13.8. The molecule has 0 amide bonds. The maximum atomic E-state index is 13.1. The zero-order valence-corrected chi connectivity index (χ0v) is 19.7. The summed E-state index contributed by atoms with van der Waals surface area (Å²) in [5.74, 6) is 2.71. The highest BCUT2D eigenvalue weighted by atomic mass is 32.2. The molecule has 1 aliphatic carbocycles. The van der Waals surface area contributed by atoms with Crippen molar-refractivity contribution in [3.05, 3.63) is 52.4 Å². The third-order valence-corrected chi connectivity index (χ3v) is 6.53. The van der Waals surface area contributed by atoms with Gasteiger partial charge in [0, 0.05) is 17.2 Å². The van der Waals surface area contributed by atoms with Crippen LogP contribution in [-0.4, -0.2) is 40.5 Å². The predicted octanol–water partition coefficient (Wildman–Crippen LogP) is 5.08. The number of Topliss-reactive ketones (excluding diaryl/α,β-unsaturated/α-hetero) is 1. The first-order chi connectivity index (χ1) is 15.5. The van der Waals surface area contributed by atoms with Crippen molar-refractivity contribution in [2.24, 2.45) is 5.92 Å². The smallest absolute Gasteiger partial charge is 0.161 e. The van der Waals surface area contributed by atoms with E-state index in [4.69, 9.17) is 18.9 Å². The number of ketones is 1. The summed E-state index contributed by atoms with van der Waals surface area (Å²) in [6.45, 7) is 0. The Labute approximate surface area is 193 Å². The van der Waals surface area contributed by atoms with E-state index in [0.717, 1.165) is 16.9 Å². The molecule has 0 spiro atoms. The highest BCUT2D eigenvalue weighted by molar-refractivity contribution is 8.02. The van der Waals surface area contributed by atoms with Crippen LogP contribution >= 0.6 is 11.8 Å². The summed E-state index contributed by atoms with van der Waals surface area (Å²) < 4.78 is 21.3. The molecule has 1 aliphatic rings. The number of allylic oxidation sites excluding steroid dienone is 2. The molecule has 0 aliphatic heterocycles. The summed E-state index contributed by atoms with van der Waals surface area (Å²) in [5, 5.41) is 9.84. The Kier molecular flexibility index (Phi) is 7.70. The number of carbonyl (C=O) groups excluding carboxylic acids is 1. The van der Waals surface area contributed by atoms with E-state index in [-0.39, 0.29) is 24.0 Å². The van der Waals surface area contributed by atoms with Crippen molar-refractivity contribution >= 4 is 23.1 Å². The zero-order chi connectivity index (χ0) is 23.3. The Hall–Kier alpha value is -3.11. The molecule has 3 rings (SSSR count). The zero-order valence-electron chi connectivity index (χ0n) is 18.9. The van der Waals surface area contributed by atoms with Crippen molar-refractivity contribution in [2.75, 3.05) is 34.7 Å². The first-order valence-electron chi connectivity index (χ1n) is 10.1. The number of benzene rings is 2. The second-order valence-electron chi connectivity index (χ2n) is 7.39. The van der Waals surface area contributed by atoms with Gasteiger partial charge in [0.2, 0.25) is 0 Å². The second kappa shape index (κ2) is 10.5. The molecule has 2 atom stereocenters. The van der Waals surface area contributed by atoms with Gasteiger partial charge >= 0.3 is 0 Å². The van der Waals surface area contributed by atoms with E-state index >= 15 is 0 Å².